The zero-order valence-electron chi connectivity index (χ0n) is 11.0. The zero-order valence-corrected chi connectivity index (χ0v) is 12.7. The molecule has 1 aromatic rings. The van der Waals surface area contributed by atoms with Crippen molar-refractivity contribution in [2.45, 2.75) is 6.42 Å². The molecule has 0 aliphatic heterocycles. The molecule has 0 spiro atoms. The molecule has 6 nitrogen and oxygen atoms in total. The van der Waals surface area contributed by atoms with E-state index in [0.717, 1.165) is 17.4 Å². The first kappa shape index (κ1) is 16.5. The van der Waals surface area contributed by atoms with Gasteiger partial charge in [0.1, 0.15) is 4.99 Å². The second-order valence-electron chi connectivity index (χ2n) is 4.25. The van der Waals surface area contributed by atoms with Crippen LogP contribution in [-0.2, 0) is 21.2 Å². The van der Waals surface area contributed by atoms with E-state index in [1.807, 2.05) is 0 Å². The van der Waals surface area contributed by atoms with Gasteiger partial charge in [0.15, 0.2) is 0 Å². The van der Waals surface area contributed by atoms with Crippen LogP contribution >= 0.6 is 12.2 Å². The molecule has 0 fully saturated rings. The highest BCUT2D eigenvalue weighted by Gasteiger charge is 2.04. The van der Waals surface area contributed by atoms with Crippen molar-refractivity contribution in [3.63, 3.8) is 0 Å². The Morgan fingerprint density at radius 3 is 2.35 bits per heavy atom. The number of carbonyl (C=O) groups excluding carboxylic acids is 1. The first-order chi connectivity index (χ1) is 9.28. The van der Waals surface area contributed by atoms with Gasteiger partial charge in [0.05, 0.1) is 12.7 Å². The Labute approximate surface area is 123 Å². The summed E-state index contributed by atoms with van der Waals surface area (Å²) >= 11 is 4.84. The summed E-state index contributed by atoms with van der Waals surface area (Å²) in [7, 11) is -3.22. The van der Waals surface area contributed by atoms with Crippen molar-refractivity contribution in [2.75, 3.05) is 19.3 Å². The first-order valence-electron chi connectivity index (χ1n) is 5.88. The molecule has 0 unspecified atom stereocenters. The fourth-order valence-corrected chi connectivity index (χ4v) is 2.08. The van der Waals surface area contributed by atoms with Crippen LogP contribution in [0, 0.1) is 0 Å². The molecule has 0 aliphatic carbocycles. The van der Waals surface area contributed by atoms with E-state index in [4.69, 9.17) is 18.0 Å². The van der Waals surface area contributed by atoms with Gasteiger partial charge in [0.2, 0.25) is 15.9 Å². The van der Waals surface area contributed by atoms with Crippen molar-refractivity contribution < 1.29 is 13.2 Å². The Bertz CT molecular complexity index is 582. The number of sulfonamides is 1. The number of nitrogens with one attached hydrogen (secondary N) is 2. The maximum Gasteiger partial charge on any atom is 0.224 e. The van der Waals surface area contributed by atoms with Crippen LogP contribution in [0.15, 0.2) is 24.3 Å². The molecular formula is C12H17N3O3S2. The van der Waals surface area contributed by atoms with E-state index < -0.39 is 10.0 Å². The van der Waals surface area contributed by atoms with Crippen molar-refractivity contribution in [3.05, 3.63) is 35.4 Å². The number of amides is 1. The number of carbonyl (C=O) groups is 1. The number of benzene rings is 1. The lowest BCUT2D eigenvalue weighted by Gasteiger charge is -2.06. The van der Waals surface area contributed by atoms with Gasteiger partial charge in [0, 0.05) is 18.7 Å². The molecule has 0 aliphatic rings. The Balaban J connectivity index is 2.37. The highest BCUT2D eigenvalue weighted by Crippen LogP contribution is 2.05. The van der Waals surface area contributed by atoms with Crippen LogP contribution in [-0.4, -0.2) is 38.7 Å². The predicted molar refractivity (Wildman–Crippen MR) is 81.9 cm³/mol. The van der Waals surface area contributed by atoms with E-state index in [1.54, 1.807) is 24.3 Å². The predicted octanol–water partition coefficient (Wildman–Crippen LogP) is -0.471. The average molecular weight is 315 g/mol. The van der Waals surface area contributed by atoms with E-state index >= 15 is 0 Å². The highest BCUT2D eigenvalue weighted by molar-refractivity contribution is 7.88. The fraction of sp³-hybridized carbons (Fsp3) is 0.333. The Morgan fingerprint density at radius 2 is 1.85 bits per heavy atom. The van der Waals surface area contributed by atoms with Crippen molar-refractivity contribution in [1.29, 1.82) is 0 Å². The Morgan fingerprint density at radius 1 is 1.25 bits per heavy atom. The lowest BCUT2D eigenvalue weighted by atomic mass is 10.1. The molecule has 8 heteroatoms. The first-order valence-corrected chi connectivity index (χ1v) is 8.18. The van der Waals surface area contributed by atoms with Crippen LogP contribution in [0.1, 0.15) is 11.1 Å². The van der Waals surface area contributed by atoms with Gasteiger partial charge in [-0.3, -0.25) is 4.79 Å². The summed E-state index contributed by atoms with van der Waals surface area (Å²) in [6.07, 6.45) is 1.29. The summed E-state index contributed by atoms with van der Waals surface area (Å²) in [5.74, 6) is -0.177. The molecule has 0 radical (unpaired) electrons. The standard InChI is InChI=1S/C12H17N3O3S2/c1-20(17,18)15-7-6-14-11(16)8-9-2-4-10(5-3-9)12(13)19/h2-5,15H,6-8H2,1H3,(H2,13,19)(H,14,16). The van der Waals surface area contributed by atoms with Crippen LogP contribution in [0.4, 0.5) is 0 Å². The lowest BCUT2D eigenvalue weighted by Crippen LogP contribution is -2.34. The molecule has 1 amide bonds. The van der Waals surface area contributed by atoms with E-state index in [2.05, 4.69) is 10.0 Å². The molecule has 1 aromatic carbocycles. The smallest absolute Gasteiger partial charge is 0.224 e. The van der Waals surface area contributed by atoms with E-state index in [-0.39, 0.29) is 25.4 Å². The Kier molecular flexibility index (Phi) is 6.05. The van der Waals surface area contributed by atoms with Crippen molar-refractivity contribution in [3.8, 4) is 0 Å². The molecule has 4 N–H and O–H groups in total. The van der Waals surface area contributed by atoms with Crippen molar-refractivity contribution in [2.24, 2.45) is 5.73 Å². The number of thiocarbonyl (C=S) groups is 1. The Hall–Kier alpha value is -1.51. The molecule has 1 rings (SSSR count). The molecule has 0 bridgehead atoms. The maximum atomic E-state index is 11.6. The van der Waals surface area contributed by atoms with Gasteiger partial charge in [-0.2, -0.15) is 0 Å². The molecule has 20 heavy (non-hydrogen) atoms. The second kappa shape index (κ2) is 7.32. The molecule has 110 valence electrons. The normalized spacial score (nSPS) is 11.1. The van der Waals surface area contributed by atoms with Crippen molar-refractivity contribution in [1.82, 2.24) is 10.0 Å². The largest absolute Gasteiger partial charge is 0.389 e. The number of rotatable bonds is 7. The molecular weight excluding hydrogens is 298 g/mol. The summed E-state index contributed by atoms with van der Waals surface area (Å²) in [4.78, 5) is 11.9. The van der Waals surface area contributed by atoms with Crippen LogP contribution in [0.25, 0.3) is 0 Å². The van der Waals surface area contributed by atoms with E-state index in [9.17, 15) is 13.2 Å². The summed E-state index contributed by atoms with van der Waals surface area (Å²) in [5, 5.41) is 2.62. The van der Waals surface area contributed by atoms with Crippen molar-refractivity contribution >= 4 is 33.1 Å². The minimum Gasteiger partial charge on any atom is -0.389 e. The maximum absolute atomic E-state index is 11.6. The summed E-state index contributed by atoms with van der Waals surface area (Å²) in [6, 6.07) is 7.08. The second-order valence-corrected chi connectivity index (χ2v) is 6.53. The van der Waals surface area contributed by atoms with E-state index in [1.165, 1.54) is 0 Å². The molecule has 0 saturated carbocycles. The summed E-state index contributed by atoms with van der Waals surface area (Å²) in [5.41, 5.74) is 7.06. The average Bonchev–Trinajstić information content (AvgIpc) is 2.34. The summed E-state index contributed by atoms with van der Waals surface area (Å²) in [6.45, 7) is 0.418. The topological polar surface area (TPSA) is 101 Å². The van der Waals surface area contributed by atoms with Gasteiger partial charge in [-0.25, -0.2) is 13.1 Å². The van der Waals surface area contributed by atoms with Gasteiger partial charge in [-0.1, -0.05) is 36.5 Å². The minimum atomic E-state index is -3.22. The minimum absolute atomic E-state index is 0.172. The fourth-order valence-electron chi connectivity index (χ4n) is 1.47. The van der Waals surface area contributed by atoms with Crippen LogP contribution in [0.3, 0.4) is 0 Å². The molecule has 0 atom stereocenters. The van der Waals surface area contributed by atoms with Gasteiger partial charge >= 0.3 is 0 Å². The van der Waals surface area contributed by atoms with Gasteiger partial charge in [-0.05, 0) is 5.56 Å². The monoisotopic (exact) mass is 315 g/mol. The number of hydrogen-bond donors (Lipinski definition) is 3. The third-order valence-electron chi connectivity index (χ3n) is 2.41. The number of nitrogens with two attached hydrogens (primary N) is 1. The quantitative estimate of drug-likeness (QED) is 0.466. The van der Waals surface area contributed by atoms with Gasteiger partial charge in [0.25, 0.3) is 0 Å². The SMILES string of the molecule is CS(=O)(=O)NCCNC(=O)Cc1ccc(C(N)=S)cc1. The highest BCUT2D eigenvalue weighted by atomic mass is 32.2. The van der Waals surface area contributed by atoms with E-state index in [0.29, 0.717) is 4.99 Å². The zero-order chi connectivity index (χ0) is 15.2. The summed E-state index contributed by atoms with van der Waals surface area (Å²) < 4.78 is 23.9. The molecule has 0 saturated heterocycles. The molecule has 0 heterocycles. The van der Waals surface area contributed by atoms with Crippen LogP contribution in [0.2, 0.25) is 0 Å². The van der Waals surface area contributed by atoms with Gasteiger partial charge in [-0.15, -0.1) is 0 Å². The molecule has 0 aromatic heterocycles. The third kappa shape index (κ3) is 6.60. The number of hydrogen-bond acceptors (Lipinski definition) is 4. The third-order valence-corrected chi connectivity index (χ3v) is 3.38. The van der Waals surface area contributed by atoms with Crippen LogP contribution in [0.5, 0.6) is 0 Å². The van der Waals surface area contributed by atoms with Crippen LogP contribution < -0.4 is 15.8 Å². The van der Waals surface area contributed by atoms with Gasteiger partial charge < -0.3 is 11.1 Å². The lowest BCUT2D eigenvalue weighted by molar-refractivity contribution is -0.120.